The van der Waals surface area contributed by atoms with Crippen molar-refractivity contribution in [1.29, 1.82) is 0 Å². The minimum Gasteiger partial charge on any atom is -0.493 e. The quantitative estimate of drug-likeness (QED) is 0.200. The van der Waals surface area contributed by atoms with Gasteiger partial charge in [0.1, 0.15) is 0 Å². The van der Waals surface area contributed by atoms with Crippen LogP contribution < -0.4 is 23.7 Å². The Morgan fingerprint density at radius 1 is 0.878 bits per heavy atom. The number of hydrogen-bond donors (Lipinski definition) is 1. The highest BCUT2D eigenvalue weighted by Crippen LogP contribution is 2.52. The number of ether oxygens (including phenoxy) is 6. The Morgan fingerprint density at radius 2 is 1.51 bits per heavy atom. The molecule has 2 aliphatic heterocycles. The highest BCUT2D eigenvalue weighted by atomic mass is 16.7. The molecule has 0 radical (unpaired) electrons. The van der Waals surface area contributed by atoms with Gasteiger partial charge in [-0.1, -0.05) is 25.7 Å². The van der Waals surface area contributed by atoms with Crippen LogP contribution in [0.3, 0.4) is 0 Å². The highest BCUT2D eigenvalue weighted by molar-refractivity contribution is 5.79. The lowest BCUT2D eigenvalue weighted by Gasteiger charge is -2.34. The zero-order valence-corrected chi connectivity index (χ0v) is 23.4. The molecule has 1 N–H and O–H groups in total. The van der Waals surface area contributed by atoms with E-state index >= 15 is 0 Å². The summed E-state index contributed by atoms with van der Waals surface area (Å²) < 4.78 is 33.8. The summed E-state index contributed by atoms with van der Waals surface area (Å²) in [6, 6.07) is 7.54. The summed E-state index contributed by atoms with van der Waals surface area (Å²) in [5.41, 5.74) is 2.83. The smallest absolute Gasteiger partial charge is 0.311 e. The fraction of sp³-hybridized carbons (Fsp3) is 0.516. The fourth-order valence-electron chi connectivity index (χ4n) is 6.10. The maximum atomic E-state index is 12.9. The fourth-order valence-corrected chi connectivity index (χ4v) is 6.10. The first kappa shape index (κ1) is 28.6. The SMILES string of the molecule is COc1cc([C@@H]2c3cc4c(cc3C[C@H]3COC(=O)[C@@H]32)OCO4)cc(OC)c1OC(=O)CCCCCCCCC(=O)O. The Kier molecular flexibility index (Phi) is 8.85. The summed E-state index contributed by atoms with van der Waals surface area (Å²) in [7, 11) is 3.00. The first-order valence-electron chi connectivity index (χ1n) is 14.2. The van der Waals surface area contributed by atoms with Crippen LogP contribution in [0.1, 0.15) is 74.0 Å². The standard InChI is InChI=1S/C31H36O10/c1-36-24-13-19(14-25(37-2)30(24)41-27(34)10-8-6-4-3-5-7-9-26(32)33)28-21-15-23-22(39-17-40-23)12-18(21)11-20-16-38-31(35)29(20)28/h12-15,20,28-29H,3-11,16-17H2,1-2H3,(H,32,33)/t20-,28+,29-/m0/s1. The molecule has 3 atom stereocenters. The number of carbonyl (C=O) groups is 3. The third-order valence-electron chi connectivity index (χ3n) is 8.11. The van der Waals surface area contributed by atoms with E-state index in [1.807, 2.05) is 12.1 Å². The predicted molar refractivity (Wildman–Crippen MR) is 146 cm³/mol. The van der Waals surface area contributed by atoms with E-state index in [4.69, 9.17) is 33.5 Å². The maximum Gasteiger partial charge on any atom is 0.311 e. The zero-order chi connectivity index (χ0) is 28.9. The molecular formula is C31H36O10. The third-order valence-corrected chi connectivity index (χ3v) is 8.11. The van der Waals surface area contributed by atoms with Gasteiger partial charge in [0, 0.05) is 24.7 Å². The Labute approximate surface area is 238 Å². The number of carboxylic acids is 1. The average Bonchev–Trinajstić information content (AvgIpc) is 3.57. The van der Waals surface area contributed by atoms with E-state index in [1.165, 1.54) is 14.2 Å². The number of aliphatic carboxylic acids is 1. The normalized spacial score (nSPS) is 20.1. The van der Waals surface area contributed by atoms with Crippen LogP contribution in [-0.4, -0.2) is 50.6 Å². The summed E-state index contributed by atoms with van der Waals surface area (Å²) in [5.74, 6) is 0.110. The van der Waals surface area contributed by atoms with Crippen molar-refractivity contribution in [3.8, 4) is 28.7 Å². The number of fused-ring (bicyclic) bond motifs is 3. The molecule has 41 heavy (non-hydrogen) atoms. The van der Waals surface area contributed by atoms with Gasteiger partial charge < -0.3 is 33.5 Å². The van der Waals surface area contributed by atoms with Gasteiger partial charge in [-0.2, -0.15) is 0 Å². The third kappa shape index (κ3) is 6.21. The molecule has 10 nitrogen and oxygen atoms in total. The summed E-state index contributed by atoms with van der Waals surface area (Å²) in [4.78, 5) is 36.3. The van der Waals surface area contributed by atoms with Crippen LogP contribution in [0.2, 0.25) is 0 Å². The number of esters is 2. The van der Waals surface area contributed by atoms with Crippen LogP contribution in [0, 0.1) is 11.8 Å². The van der Waals surface area contributed by atoms with E-state index in [0.29, 0.717) is 48.9 Å². The number of carbonyl (C=O) groups excluding carboxylic acids is 2. The lowest BCUT2D eigenvalue weighted by Crippen LogP contribution is -2.31. The van der Waals surface area contributed by atoms with Crippen molar-refractivity contribution in [2.45, 2.75) is 63.7 Å². The summed E-state index contributed by atoms with van der Waals surface area (Å²) in [6.07, 6.45) is 6.06. The van der Waals surface area contributed by atoms with Crippen LogP contribution in [0.25, 0.3) is 0 Å². The molecule has 1 saturated heterocycles. The molecule has 0 spiro atoms. The molecule has 220 valence electrons. The van der Waals surface area contributed by atoms with Gasteiger partial charge in [0.15, 0.2) is 23.0 Å². The van der Waals surface area contributed by atoms with Gasteiger partial charge in [-0.15, -0.1) is 0 Å². The Bertz CT molecular complexity index is 1280. The van der Waals surface area contributed by atoms with Gasteiger partial charge in [0.25, 0.3) is 0 Å². The van der Waals surface area contributed by atoms with Crippen molar-refractivity contribution >= 4 is 17.9 Å². The molecule has 2 aromatic carbocycles. The van der Waals surface area contributed by atoms with Gasteiger partial charge in [0.2, 0.25) is 12.5 Å². The van der Waals surface area contributed by atoms with Crippen molar-refractivity contribution in [3.05, 3.63) is 41.0 Å². The molecule has 3 aliphatic rings. The number of carboxylic acid groups (broad SMARTS) is 1. The van der Waals surface area contributed by atoms with E-state index < -0.39 is 11.9 Å². The lowest BCUT2D eigenvalue weighted by atomic mass is 9.67. The van der Waals surface area contributed by atoms with Crippen LogP contribution in [0.5, 0.6) is 28.7 Å². The zero-order valence-electron chi connectivity index (χ0n) is 23.4. The largest absolute Gasteiger partial charge is 0.493 e. The molecule has 5 rings (SSSR count). The second kappa shape index (κ2) is 12.7. The minimum absolute atomic E-state index is 0.0204. The molecule has 10 heteroatoms. The van der Waals surface area contributed by atoms with Gasteiger partial charge in [-0.3, -0.25) is 14.4 Å². The first-order valence-corrected chi connectivity index (χ1v) is 14.2. The van der Waals surface area contributed by atoms with Crippen molar-refractivity contribution in [2.75, 3.05) is 27.6 Å². The second-order valence-corrected chi connectivity index (χ2v) is 10.7. The summed E-state index contributed by atoms with van der Waals surface area (Å²) in [5, 5.41) is 8.71. The Balaban J connectivity index is 1.32. The predicted octanol–water partition coefficient (Wildman–Crippen LogP) is 5.02. The van der Waals surface area contributed by atoms with E-state index in [9.17, 15) is 14.4 Å². The number of rotatable bonds is 13. The second-order valence-electron chi connectivity index (χ2n) is 10.7. The van der Waals surface area contributed by atoms with E-state index in [1.54, 1.807) is 12.1 Å². The van der Waals surface area contributed by atoms with Crippen molar-refractivity contribution in [1.82, 2.24) is 0 Å². The highest BCUT2D eigenvalue weighted by Gasteiger charge is 2.48. The van der Waals surface area contributed by atoms with Crippen LogP contribution in [0.4, 0.5) is 0 Å². The average molecular weight is 569 g/mol. The molecule has 2 aromatic rings. The van der Waals surface area contributed by atoms with Crippen LogP contribution in [0.15, 0.2) is 24.3 Å². The van der Waals surface area contributed by atoms with Crippen molar-refractivity contribution in [2.24, 2.45) is 11.8 Å². The molecule has 0 aromatic heterocycles. The molecule has 2 heterocycles. The van der Waals surface area contributed by atoms with Gasteiger partial charge in [0.05, 0.1) is 26.7 Å². The molecule has 0 amide bonds. The molecule has 1 aliphatic carbocycles. The molecule has 0 saturated carbocycles. The van der Waals surface area contributed by atoms with E-state index in [0.717, 1.165) is 42.4 Å². The van der Waals surface area contributed by atoms with Crippen molar-refractivity contribution in [3.63, 3.8) is 0 Å². The van der Waals surface area contributed by atoms with Crippen molar-refractivity contribution < 1.29 is 47.9 Å². The monoisotopic (exact) mass is 568 g/mol. The van der Waals surface area contributed by atoms with E-state index in [2.05, 4.69) is 0 Å². The minimum atomic E-state index is -0.770. The van der Waals surface area contributed by atoms with Crippen LogP contribution >= 0.6 is 0 Å². The van der Waals surface area contributed by atoms with Gasteiger partial charge in [-0.25, -0.2) is 0 Å². The Hall–Kier alpha value is -3.95. The maximum absolute atomic E-state index is 12.9. The number of benzene rings is 2. The van der Waals surface area contributed by atoms with E-state index in [-0.39, 0.29) is 49.1 Å². The summed E-state index contributed by atoms with van der Waals surface area (Å²) >= 11 is 0. The number of unbranched alkanes of at least 4 members (excludes halogenated alkanes) is 5. The first-order chi connectivity index (χ1) is 19.9. The molecule has 1 fully saturated rings. The topological polar surface area (TPSA) is 127 Å². The number of hydrogen-bond acceptors (Lipinski definition) is 9. The number of methoxy groups -OCH3 is 2. The molecule has 0 unspecified atom stereocenters. The molecule has 0 bridgehead atoms. The Morgan fingerprint density at radius 3 is 2.17 bits per heavy atom. The van der Waals surface area contributed by atoms with Gasteiger partial charge >= 0.3 is 17.9 Å². The number of cyclic esters (lactones) is 1. The summed E-state index contributed by atoms with van der Waals surface area (Å²) in [6.45, 7) is 0.520. The van der Waals surface area contributed by atoms with Gasteiger partial charge in [-0.05, 0) is 60.2 Å². The molecular weight excluding hydrogens is 532 g/mol. The van der Waals surface area contributed by atoms with Crippen LogP contribution in [-0.2, 0) is 25.5 Å². The lowest BCUT2D eigenvalue weighted by molar-refractivity contribution is -0.141.